The summed E-state index contributed by atoms with van der Waals surface area (Å²) in [5.41, 5.74) is 1.08. The van der Waals surface area contributed by atoms with Gasteiger partial charge in [-0.3, -0.25) is 4.79 Å². The van der Waals surface area contributed by atoms with Crippen molar-refractivity contribution in [1.82, 2.24) is 9.21 Å². The van der Waals surface area contributed by atoms with Gasteiger partial charge >= 0.3 is 0 Å². The van der Waals surface area contributed by atoms with Gasteiger partial charge in [0, 0.05) is 50.0 Å². The number of sulfonamides is 1. The normalized spacial score (nSPS) is 17.3. The van der Waals surface area contributed by atoms with Crippen molar-refractivity contribution < 1.29 is 22.7 Å². The van der Waals surface area contributed by atoms with E-state index in [1.807, 2.05) is 24.3 Å². The van der Waals surface area contributed by atoms with E-state index in [4.69, 9.17) is 21.1 Å². The number of piperazine rings is 1. The average molecular weight is 494 g/mol. The fraction of sp³-hybridized carbons (Fsp3) is 0.435. The topological polar surface area (TPSA) is 79.4 Å². The number of hydrogen-bond donors (Lipinski definition) is 0. The molecule has 0 aromatic heterocycles. The predicted octanol–water partition coefficient (Wildman–Crippen LogP) is 2.86. The third-order valence-corrected chi connectivity index (χ3v) is 8.16. The molecule has 2 aliphatic heterocycles. The second-order valence-electron chi connectivity index (χ2n) is 8.06. The lowest BCUT2D eigenvalue weighted by atomic mass is 10.2. The van der Waals surface area contributed by atoms with Gasteiger partial charge in [0.2, 0.25) is 10.0 Å². The summed E-state index contributed by atoms with van der Waals surface area (Å²) in [7, 11) is -2.09. The van der Waals surface area contributed by atoms with Crippen LogP contribution in [0.5, 0.6) is 11.5 Å². The van der Waals surface area contributed by atoms with E-state index in [1.54, 1.807) is 18.1 Å². The van der Waals surface area contributed by atoms with E-state index in [1.165, 1.54) is 16.4 Å². The maximum atomic E-state index is 13.0. The van der Waals surface area contributed by atoms with Crippen molar-refractivity contribution in [1.29, 1.82) is 0 Å². The Morgan fingerprint density at radius 1 is 0.970 bits per heavy atom. The first-order valence-corrected chi connectivity index (χ1v) is 12.8. The van der Waals surface area contributed by atoms with Gasteiger partial charge in [-0.05, 0) is 55.3 Å². The summed E-state index contributed by atoms with van der Waals surface area (Å²) >= 11 is 6.07. The highest BCUT2D eigenvalue weighted by Crippen LogP contribution is 2.31. The molecule has 2 saturated heterocycles. The van der Waals surface area contributed by atoms with Crippen LogP contribution in [-0.4, -0.2) is 76.5 Å². The summed E-state index contributed by atoms with van der Waals surface area (Å²) in [5.74, 6) is 0.776. The number of benzene rings is 2. The minimum absolute atomic E-state index is 0.00836. The molecule has 1 amide bonds. The molecule has 0 bridgehead atoms. The standard InChI is InChI=1S/C23H28ClN3O5S/c1-31-20-7-5-19(6-8-20)25-12-14-26(15-13-25)23(28)17-32-21-9-4-18(24)16-22(21)33(29,30)27-10-2-3-11-27/h4-9,16H,2-3,10-15,17H2,1H3. The number of rotatable bonds is 7. The Hall–Kier alpha value is -2.49. The van der Waals surface area contributed by atoms with Crippen molar-refractivity contribution >= 4 is 33.2 Å². The largest absolute Gasteiger partial charge is 0.497 e. The van der Waals surface area contributed by atoms with Gasteiger partial charge in [-0.25, -0.2) is 8.42 Å². The summed E-state index contributed by atoms with van der Waals surface area (Å²) in [6, 6.07) is 12.3. The molecule has 0 unspecified atom stereocenters. The Balaban J connectivity index is 1.36. The van der Waals surface area contributed by atoms with Gasteiger partial charge in [0.15, 0.2) is 6.61 Å². The van der Waals surface area contributed by atoms with Crippen LogP contribution in [0, 0.1) is 0 Å². The van der Waals surface area contributed by atoms with Crippen molar-refractivity contribution in [2.45, 2.75) is 17.7 Å². The number of anilines is 1. The zero-order chi connectivity index (χ0) is 23.4. The third kappa shape index (κ3) is 5.37. The molecular weight excluding hydrogens is 466 g/mol. The molecule has 33 heavy (non-hydrogen) atoms. The van der Waals surface area contributed by atoms with E-state index < -0.39 is 10.0 Å². The molecule has 2 aliphatic rings. The third-order valence-electron chi connectivity index (χ3n) is 6.01. The van der Waals surface area contributed by atoms with Crippen LogP contribution in [0.2, 0.25) is 5.02 Å². The highest BCUT2D eigenvalue weighted by Gasteiger charge is 2.31. The van der Waals surface area contributed by atoms with E-state index in [0.717, 1.165) is 24.3 Å². The molecule has 0 saturated carbocycles. The summed E-state index contributed by atoms with van der Waals surface area (Å²) in [6.07, 6.45) is 1.66. The molecule has 2 fully saturated rings. The van der Waals surface area contributed by atoms with Crippen LogP contribution < -0.4 is 14.4 Å². The molecule has 0 aliphatic carbocycles. The summed E-state index contributed by atoms with van der Waals surface area (Å²) in [4.78, 5) is 16.7. The van der Waals surface area contributed by atoms with Crippen LogP contribution in [-0.2, 0) is 14.8 Å². The fourth-order valence-corrected chi connectivity index (χ4v) is 6.02. The zero-order valence-electron chi connectivity index (χ0n) is 18.6. The Morgan fingerprint density at radius 2 is 1.64 bits per heavy atom. The van der Waals surface area contributed by atoms with E-state index >= 15 is 0 Å². The number of ether oxygens (including phenoxy) is 2. The minimum Gasteiger partial charge on any atom is -0.497 e. The highest BCUT2D eigenvalue weighted by molar-refractivity contribution is 7.89. The SMILES string of the molecule is COc1ccc(N2CCN(C(=O)COc3ccc(Cl)cc3S(=O)(=O)N3CCCC3)CC2)cc1. The van der Waals surface area contributed by atoms with Crippen molar-refractivity contribution in [3.05, 3.63) is 47.5 Å². The molecule has 2 aromatic carbocycles. The summed E-state index contributed by atoms with van der Waals surface area (Å²) in [5, 5.41) is 0.307. The molecule has 4 rings (SSSR count). The van der Waals surface area contributed by atoms with Crippen LogP contribution in [0.3, 0.4) is 0 Å². The van der Waals surface area contributed by atoms with Crippen molar-refractivity contribution in [3.8, 4) is 11.5 Å². The molecule has 0 radical (unpaired) electrons. The van der Waals surface area contributed by atoms with E-state index in [-0.39, 0.29) is 23.2 Å². The number of carbonyl (C=O) groups excluding carboxylic acids is 1. The molecule has 0 spiro atoms. The molecule has 2 heterocycles. The number of nitrogens with zero attached hydrogens (tertiary/aromatic N) is 3. The van der Waals surface area contributed by atoms with Crippen LogP contribution in [0.25, 0.3) is 0 Å². The van der Waals surface area contributed by atoms with Crippen molar-refractivity contribution in [2.75, 3.05) is 57.9 Å². The number of hydrogen-bond acceptors (Lipinski definition) is 6. The molecule has 0 N–H and O–H groups in total. The van der Waals surface area contributed by atoms with Gasteiger partial charge in [0.25, 0.3) is 5.91 Å². The molecule has 8 nitrogen and oxygen atoms in total. The second kappa shape index (κ2) is 10.2. The molecule has 178 valence electrons. The van der Waals surface area contributed by atoms with Crippen LogP contribution in [0.4, 0.5) is 5.69 Å². The smallest absolute Gasteiger partial charge is 0.260 e. The van der Waals surface area contributed by atoms with Gasteiger partial charge < -0.3 is 19.3 Å². The lowest BCUT2D eigenvalue weighted by Gasteiger charge is -2.36. The average Bonchev–Trinajstić information content (AvgIpc) is 3.39. The van der Waals surface area contributed by atoms with Gasteiger partial charge in [-0.15, -0.1) is 0 Å². The number of methoxy groups -OCH3 is 1. The zero-order valence-corrected chi connectivity index (χ0v) is 20.1. The number of carbonyl (C=O) groups is 1. The molecule has 10 heteroatoms. The fourth-order valence-electron chi connectivity index (χ4n) is 4.11. The Kier molecular flexibility index (Phi) is 7.31. The second-order valence-corrected chi connectivity index (χ2v) is 10.4. The molecular formula is C23H28ClN3O5S. The first-order valence-electron chi connectivity index (χ1n) is 11.0. The lowest BCUT2D eigenvalue weighted by molar-refractivity contribution is -0.133. The maximum absolute atomic E-state index is 13.0. The van der Waals surface area contributed by atoms with Crippen molar-refractivity contribution in [3.63, 3.8) is 0 Å². The van der Waals surface area contributed by atoms with Gasteiger partial charge in [-0.1, -0.05) is 11.6 Å². The minimum atomic E-state index is -3.72. The Morgan fingerprint density at radius 3 is 2.27 bits per heavy atom. The van der Waals surface area contributed by atoms with Gasteiger partial charge in [0.05, 0.1) is 7.11 Å². The Labute approximate surface area is 199 Å². The molecule has 0 atom stereocenters. The first-order chi connectivity index (χ1) is 15.9. The van der Waals surface area contributed by atoms with E-state index in [9.17, 15) is 13.2 Å². The van der Waals surface area contributed by atoms with Gasteiger partial charge in [0.1, 0.15) is 16.4 Å². The number of halogens is 1. The number of amides is 1. The summed E-state index contributed by atoms with van der Waals surface area (Å²) in [6.45, 7) is 3.26. The lowest BCUT2D eigenvalue weighted by Crippen LogP contribution is -2.50. The Bertz CT molecular complexity index is 1080. The monoisotopic (exact) mass is 493 g/mol. The first kappa shape index (κ1) is 23.7. The quantitative estimate of drug-likeness (QED) is 0.590. The summed E-state index contributed by atoms with van der Waals surface area (Å²) < 4.78 is 38.4. The molecule has 2 aromatic rings. The van der Waals surface area contributed by atoms with Crippen LogP contribution in [0.15, 0.2) is 47.4 Å². The van der Waals surface area contributed by atoms with Crippen molar-refractivity contribution in [2.24, 2.45) is 0 Å². The van der Waals surface area contributed by atoms with Crippen LogP contribution >= 0.6 is 11.6 Å². The van der Waals surface area contributed by atoms with E-state index in [0.29, 0.717) is 44.3 Å². The predicted molar refractivity (Wildman–Crippen MR) is 127 cm³/mol. The highest BCUT2D eigenvalue weighted by atomic mass is 35.5. The maximum Gasteiger partial charge on any atom is 0.260 e. The van der Waals surface area contributed by atoms with Crippen LogP contribution in [0.1, 0.15) is 12.8 Å². The van der Waals surface area contributed by atoms with E-state index in [2.05, 4.69) is 4.90 Å². The van der Waals surface area contributed by atoms with Gasteiger partial charge in [-0.2, -0.15) is 4.31 Å².